The highest BCUT2D eigenvalue weighted by atomic mass is 31.2. The molecule has 0 bridgehead atoms. The highest BCUT2D eigenvalue weighted by Gasteiger charge is 2.29. The Morgan fingerprint density at radius 2 is 0.546 bits per heavy atom. The first-order valence-corrected chi connectivity index (χ1v) is 40.1. The fourth-order valence-electron chi connectivity index (χ4n) is 9.43. The summed E-state index contributed by atoms with van der Waals surface area (Å²) in [4.78, 5) is 58.5. The standard InChI is InChI=1S/C79H132O16P2/c1-4-7-10-13-16-19-22-25-27-29-31-33-35-36-38-40-41-43-45-48-50-53-56-59-62-65-77(82)89-68-74(80)69-91-96(85,86)92-70-75(81)71-93-97(87,88)94-73-76(95-79(84)67-64-61-58-55-52-47-24-21-18-15-12-9-6-3)72-90-78(83)66-63-60-57-54-51-49-46-44-42-39-37-34-32-30-28-26-23-20-17-14-11-8-5-2/h7-8,10-12,15-17,19-21,24-28,31-34,36,38-39,42,74-76,80-81H,4-6,9,13-14,18,22-23,29-30,35,37,40-41,43-73H2,1-3H3,(H,85,86)(H,87,88)/b10-7-,11-8-,15-12-,19-16-,20-17-,24-21-,27-25-,28-26-,33-31-,34-32-,38-36-,42-39-. The lowest BCUT2D eigenvalue weighted by Gasteiger charge is -2.21. The predicted molar refractivity (Wildman–Crippen MR) is 399 cm³/mol. The number of esters is 3. The lowest BCUT2D eigenvalue weighted by Crippen LogP contribution is -2.30. The van der Waals surface area contributed by atoms with Crippen LogP contribution in [0.3, 0.4) is 0 Å². The monoisotopic (exact) mass is 1400 g/mol. The van der Waals surface area contributed by atoms with Gasteiger partial charge in [0.05, 0.1) is 26.4 Å². The van der Waals surface area contributed by atoms with E-state index in [4.69, 9.17) is 32.3 Å². The molecule has 0 rings (SSSR count). The van der Waals surface area contributed by atoms with Crippen molar-refractivity contribution in [3.05, 3.63) is 146 Å². The quantitative estimate of drug-likeness (QED) is 0.0146. The van der Waals surface area contributed by atoms with Crippen LogP contribution in [-0.2, 0) is 55.8 Å². The van der Waals surface area contributed by atoms with Gasteiger partial charge in [-0.3, -0.25) is 32.5 Å². The highest BCUT2D eigenvalue weighted by molar-refractivity contribution is 7.47. The largest absolute Gasteiger partial charge is 0.472 e. The van der Waals surface area contributed by atoms with E-state index in [1.807, 2.05) is 0 Å². The first kappa shape index (κ1) is 92.4. The average molecular weight is 1400 g/mol. The van der Waals surface area contributed by atoms with Gasteiger partial charge in [0, 0.05) is 19.3 Å². The molecule has 0 aromatic rings. The van der Waals surface area contributed by atoms with Crippen molar-refractivity contribution >= 4 is 33.6 Å². The topological polar surface area (TPSA) is 231 Å². The fourth-order valence-corrected chi connectivity index (χ4v) is 11.0. The Labute approximate surface area is 587 Å². The molecule has 16 nitrogen and oxygen atoms in total. The van der Waals surface area contributed by atoms with Crippen molar-refractivity contribution in [1.29, 1.82) is 0 Å². The molecule has 0 fully saturated rings. The van der Waals surface area contributed by atoms with E-state index < -0.39 is 91.5 Å². The molecule has 0 aliphatic rings. The summed E-state index contributed by atoms with van der Waals surface area (Å²) in [5.74, 6) is -1.61. The van der Waals surface area contributed by atoms with Gasteiger partial charge in [-0.2, -0.15) is 0 Å². The van der Waals surface area contributed by atoms with Crippen LogP contribution in [0.4, 0.5) is 0 Å². The molecular formula is C79H132O16P2. The zero-order valence-electron chi connectivity index (χ0n) is 60.2. The molecule has 0 aromatic carbocycles. The minimum absolute atomic E-state index is 0.0815. The molecule has 0 aromatic heterocycles. The fraction of sp³-hybridized carbons (Fsp3) is 0.658. The molecule has 18 heteroatoms. The number of hydrogen-bond acceptors (Lipinski definition) is 14. The third-order valence-corrected chi connectivity index (χ3v) is 16.9. The zero-order valence-corrected chi connectivity index (χ0v) is 62.0. The number of unbranched alkanes of at least 4 members (excludes halogenated alkanes) is 22. The van der Waals surface area contributed by atoms with Gasteiger partial charge in [0.25, 0.3) is 0 Å². The third kappa shape index (κ3) is 72.5. The zero-order chi connectivity index (χ0) is 70.9. The summed E-state index contributed by atoms with van der Waals surface area (Å²) >= 11 is 0. The van der Waals surface area contributed by atoms with Crippen LogP contribution in [0, 0.1) is 0 Å². The van der Waals surface area contributed by atoms with E-state index in [1.54, 1.807) is 0 Å². The van der Waals surface area contributed by atoms with E-state index in [1.165, 1.54) is 25.7 Å². The molecule has 554 valence electrons. The Balaban J connectivity index is 4.59. The lowest BCUT2D eigenvalue weighted by atomic mass is 10.1. The number of aliphatic hydroxyl groups excluding tert-OH is 2. The molecular weight excluding hydrogens is 1270 g/mol. The Morgan fingerprint density at radius 3 is 0.866 bits per heavy atom. The van der Waals surface area contributed by atoms with Crippen molar-refractivity contribution in [2.45, 2.75) is 296 Å². The van der Waals surface area contributed by atoms with Gasteiger partial charge in [-0.05, 0) is 135 Å². The van der Waals surface area contributed by atoms with Crippen LogP contribution in [0.1, 0.15) is 278 Å². The lowest BCUT2D eigenvalue weighted by molar-refractivity contribution is -0.161. The SMILES string of the molecule is CC/C=C\C/C=C\C/C=C\C/C=C\C/C=C\CCCCCCCCCCCC(=O)OCC(O)COP(=O)(O)OCC(O)COP(=O)(O)OCC(COC(=O)CCCCCCCCC/C=C\C/C=C\C/C=C\C/C=C\C/C=C\CC)OC(=O)CCCCCCC/C=C\C/C=C\CCC. The maximum atomic E-state index is 12.9. The molecule has 5 atom stereocenters. The molecule has 0 spiro atoms. The van der Waals surface area contributed by atoms with E-state index in [9.17, 15) is 43.5 Å². The van der Waals surface area contributed by atoms with Gasteiger partial charge in [0.1, 0.15) is 25.4 Å². The van der Waals surface area contributed by atoms with E-state index in [-0.39, 0.29) is 19.3 Å². The number of ether oxygens (including phenoxy) is 3. The summed E-state index contributed by atoms with van der Waals surface area (Å²) in [6.45, 7) is 2.34. The minimum Gasteiger partial charge on any atom is -0.463 e. The number of allylic oxidation sites excluding steroid dienone is 24. The van der Waals surface area contributed by atoms with Gasteiger partial charge in [-0.15, -0.1) is 0 Å². The number of phosphoric ester groups is 2. The van der Waals surface area contributed by atoms with Crippen molar-refractivity contribution in [2.75, 3.05) is 39.6 Å². The summed E-state index contributed by atoms with van der Waals surface area (Å²) in [7, 11) is -9.80. The van der Waals surface area contributed by atoms with Crippen LogP contribution in [0.2, 0.25) is 0 Å². The normalized spacial score (nSPS) is 14.9. The molecule has 5 unspecified atom stereocenters. The second kappa shape index (κ2) is 71.3. The van der Waals surface area contributed by atoms with E-state index >= 15 is 0 Å². The minimum atomic E-state index is -4.94. The summed E-state index contributed by atoms with van der Waals surface area (Å²) in [5.41, 5.74) is 0. The molecule has 0 amide bonds. The van der Waals surface area contributed by atoms with E-state index in [2.05, 4.69) is 167 Å². The van der Waals surface area contributed by atoms with Crippen molar-refractivity contribution in [1.82, 2.24) is 0 Å². The first-order valence-electron chi connectivity index (χ1n) is 37.1. The maximum absolute atomic E-state index is 12.9. The Bertz CT molecular complexity index is 2350. The Morgan fingerprint density at radius 1 is 0.299 bits per heavy atom. The van der Waals surface area contributed by atoms with Gasteiger partial charge in [-0.25, -0.2) is 9.13 Å². The van der Waals surface area contributed by atoms with Crippen LogP contribution < -0.4 is 0 Å². The van der Waals surface area contributed by atoms with Gasteiger partial charge in [-0.1, -0.05) is 269 Å². The molecule has 0 saturated carbocycles. The van der Waals surface area contributed by atoms with Gasteiger partial charge in [0.2, 0.25) is 0 Å². The van der Waals surface area contributed by atoms with Crippen LogP contribution in [0.15, 0.2) is 146 Å². The molecule has 97 heavy (non-hydrogen) atoms. The van der Waals surface area contributed by atoms with Crippen LogP contribution in [-0.4, -0.2) is 95.9 Å². The molecule has 0 heterocycles. The van der Waals surface area contributed by atoms with Gasteiger partial charge in [0.15, 0.2) is 6.10 Å². The number of rotatable bonds is 69. The van der Waals surface area contributed by atoms with Crippen molar-refractivity contribution in [2.24, 2.45) is 0 Å². The number of carbonyl (C=O) groups excluding carboxylic acids is 3. The van der Waals surface area contributed by atoms with Gasteiger partial charge >= 0.3 is 33.6 Å². The second-order valence-electron chi connectivity index (χ2n) is 24.3. The Kier molecular flexibility index (Phi) is 67.9. The molecule has 0 aliphatic heterocycles. The highest BCUT2D eigenvalue weighted by Crippen LogP contribution is 2.45. The van der Waals surface area contributed by atoms with Crippen molar-refractivity contribution < 1.29 is 75.8 Å². The van der Waals surface area contributed by atoms with Crippen molar-refractivity contribution in [3.8, 4) is 0 Å². The van der Waals surface area contributed by atoms with Crippen molar-refractivity contribution in [3.63, 3.8) is 0 Å². The summed E-state index contributed by atoms with van der Waals surface area (Å²) in [6.07, 6.45) is 86.1. The van der Waals surface area contributed by atoms with Crippen LogP contribution in [0.25, 0.3) is 0 Å². The summed E-state index contributed by atoms with van der Waals surface area (Å²) in [6, 6.07) is 0. The maximum Gasteiger partial charge on any atom is 0.472 e. The number of aliphatic hydroxyl groups is 2. The van der Waals surface area contributed by atoms with E-state index in [0.717, 1.165) is 193 Å². The molecule has 0 radical (unpaired) electrons. The molecule has 4 N–H and O–H groups in total. The smallest absolute Gasteiger partial charge is 0.463 e. The first-order chi connectivity index (χ1) is 47.2. The second-order valence-corrected chi connectivity index (χ2v) is 27.2. The predicted octanol–water partition coefficient (Wildman–Crippen LogP) is 21.3. The Hall–Kier alpha value is -4.57. The average Bonchev–Trinajstić information content (AvgIpc) is 1.58. The summed E-state index contributed by atoms with van der Waals surface area (Å²) < 4.78 is 61.0. The van der Waals surface area contributed by atoms with E-state index in [0.29, 0.717) is 19.3 Å². The number of hydrogen-bond donors (Lipinski definition) is 4. The molecule has 0 saturated heterocycles. The third-order valence-electron chi connectivity index (χ3n) is 15.0. The molecule has 0 aliphatic carbocycles. The van der Waals surface area contributed by atoms with Crippen LogP contribution >= 0.6 is 15.6 Å². The van der Waals surface area contributed by atoms with Crippen LogP contribution in [0.5, 0.6) is 0 Å². The summed E-state index contributed by atoms with van der Waals surface area (Å²) in [5, 5.41) is 20.6. The van der Waals surface area contributed by atoms with Gasteiger partial charge < -0.3 is 34.2 Å². The number of phosphoric acid groups is 2. The number of carbonyl (C=O) groups is 3.